The fourth-order valence-corrected chi connectivity index (χ4v) is 2.99. The number of unbranched alkanes of at least 4 members (excludes halogenated alkanes) is 1. The molecule has 3 unspecified atom stereocenters. The van der Waals surface area contributed by atoms with Gasteiger partial charge in [-0.1, -0.05) is 13.3 Å². The van der Waals surface area contributed by atoms with Crippen molar-refractivity contribution in [1.29, 1.82) is 0 Å². The largest absolute Gasteiger partial charge is 0.328 e. The topological polar surface area (TPSA) is 52.3 Å². The number of rotatable bonds is 5. The number of hydrogen-bond donors (Lipinski definition) is 1. The molecule has 1 aliphatic carbocycles. The first kappa shape index (κ1) is 11.2. The molecule has 0 spiro atoms. The van der Waals surface area contributed by atoms with Crippen molar-refractivity contribution in [3.05, 3.63) is 0 Å². The molecule has 0 aromatic rings. The molecule has 1 aliphatic rings. The minimum Gasteiger partial charge on any atom is -0.328 e. The first-order chi connectivity index (χ1) is 6.22. The molecular weight excluding hydrogens is 185 g/mol. The maximum atomic E-state index is 11.4. The highest BCUT2D eigenvalue weighted by atomic mass is 31.1. The van der Waals surface area contributed by atoms with E-state index in [1.54, 1.807) is 0 Å². The molecule has 2 N–H and O–H groups in total. The van der Waals surface area contributed by atoms with Gasteiger partial charge in [-0.25, -0.2) is 0 Å². The summed E-state index contributed by atoms with van der Waals surface area (Å²) in [5.41, 5.74) is 5.73. The van der Waals surface area contributed by atoms with Crippen molar-refractivity contribution in [2.75, 3.05) is 6.16 Å². The van der Waals surface area contributed by atoms with Gasteiger partial charge in [-0.3, -0.25) is 4.57 Å². The molecule has 0 aromatic heterocycles. The standard InChI is InChI=1S/C9H20NO2P/c1-2-3-6-13(11)12-9-5-4-8(10)7-9/h8-9,13H,2-7,10H2,1H3. The molecule has 0 radical (unpaired) electrons. The van der Waals surface area contributed by atoms with Crippen LogP contribution >= 0.6 is 8.03 Å². The average Bonchev–Trinajstić information content (AvgIpc) is 2.48. The Morgan fingerprint density at radius 1 is 1.54 bits per heavy atom. The molecular formula is C9H20NO2P. The molecule has 0 aliphatic heterocycles. The summed E-state index contributed by atoms with van der Waals surface area (Å²) in [5, 5.41) is 0. The summed E-state index contributed by atoms with van der Waals surface area (Å²) in [4.78, 5) is 0. The molecule has 78 valence electrons. The van der Waals surface area contributed by atoms with Crippen molar-refractivity contribution in [2.24, 2.45) is 5.73 Å². The van der Waals surface area contributed by atoms with Gasteiger partial charge in [0.05, 0.1) is 6.10 Å². The molecule has 13 heavy (non-hydrogen) atoms. The monoisotopic (exact) mass is 205 g/mol. The van der Waals surface area contributed by atoms with Crippen LogP contribution in [0.25, 0.3) is 0 Å². The predicted octanol–water partition coefficient (Wildman–Crippen LogP) is 2.16. The quantitative estimate of drug-likeness (QED) is 0.700. The minimum absolute atomic E-state index is 0.179. The second-order valence-corrected chi connectivity index (χ2v) is 5.27. The Hall–Kier alpha value is 0.150. The Morgan fingerprint density at radius 2 is 2.31 bits per heavy atom. The van der Waals surface area contributed by atoms with Gasteiger partial charge in [-0.05, 0) is 25.7 Å². The molecule has 1 rings (SSSR count). The summed E-state index contributed by atoms with van der Waals surface area (Å²) in [5.74, 6) is 0. The molecule has 4 heteroatoms. The van der Waals surface area contributed by atoms with Gasteiger partial charge >= 0.3 is 0 Å². The van der Waals surface area contributed by atoms with E-state index in [9.17, 15) is 4.57 Å². The van der Waals surface area contributed by atoms with Gasteiger partial charge in [-0.2, -0.15) is 0 Å². The summed E-state index contributed by atoms with van der Waals surface area (Å²) in [7, 11) is -1.76. The molecule has 3 atom stereocenters. The summed E-state index contributed by atoms with van der Waals surface area (Å²) in [6, 6.07) is 0.269. The van der Waals surface area contributed by atoms with Crippen LogP contribution < -0.4 is 5.73 Å². The van der Waals surface area contributed by atoms with E-state index in [2.05, 4.69) is 6.92 Å². The smallest absolute Gasteiger partial charge is 0.191 e. The van der Waals surface area contributed by atoms with E-state index in [0.717, 1.165) is 38.3 Å². The summed E-state index contributed by atoms with van der Waals surface area (Å²) in [6.45, 7) is 2.10. The van der Waals surface area contributed by atoms with Gasteiger partial charge in [0.25, 0.3) is 0 Å². The Balaban J connectivity index is 2.13. The molecule has 1 fully saturated rings. The van der Waals surface area contributed by atoms with Gasteiger partial charge in [0.2, 0.25) is 0 Å². The van der Waals surface area contributed by atoms with Crippen LogP contribution in [0.3, 0.4) is 0 Å². The Labute approximate surface area is 80.9 Å². The minimum atomic E-state index is -1.76. The van der Waals surface area contributed by atoms with Crippen molar-refractivity contribution >= 4 is 8.03 Å². The molecule has 1 saturated carbocycles. The maximum absolute atomic E-state index is 11.4. The zero-order valence-electron chi connectivity index (χ0n) is 8.29. The first-order valence-corrected chi connectivity index (χ1v) is 6.69. The van der Waals surface area contributed by atoms with E-state index in [1.165, 1.54) is 0 Å². The lowest BCUT2D eigenvalue weighted by Gasteiger charge is -2.10. The highest BCUT2D eigenvalue weighted by Crippen LogP contribution is 2.32. The molecule has 0 saturated heterocycles. The summed E-state index contributed by atoms with van der Waals surface area (Å²) >= 11 is 0. The van der Waals surface area contributed by atoms with Gasteiger partial charge in [0, 0.05) is 12.2 Å². The third-order valence-electron chi connectivity index (χ3n) is 2.46. The lowest BCUT2D eigenvalue weighted by Crippen LogP contribution is -2.16. The lowest BCUT2D eigenvalue weighted by atomic mass is 10.3. The van der Waals surface area contributed by atoms with Gasteiger partial charge < -0.3 is 10.3 Å². The van der Waals surface area contributed by atoms with Crippen molar-refractivity contribution in [1.82, 2.24) is 0 Å². The zero-order chi connectivity index (χ0) is 9.68. The van der Waals surface area contributed by atoms with Crippen molar-refractivity contribution in [3.8, 4) is 0 Å². The highest BCUT2D eigenvalue weighted by Gasteiger charge is 2.23. The normalized spacial score (nSPS) is 30.6. The van der Waals surface area contributed by atoms with E-state index in [4.69, 9.17) is 10.3 Å². The second kappa shape index (κ2) is 5.79. The van der Waals surface area contributed by atoms with Crippen LogP contribution in [0.5, 0.6) is 0 Å². The van der Waals surface area contributed by atoms with Crippen LogP contribution in [0, 0.1) is 0 Å². The Kier molecular flexibility index (Phi) is 5.00. The van der Waals surface area contributed by atoms with Gasteiger partial charge in [0.15, 0.2) is 8.03 Å². The maximum Gasteiger partial charge on any atom is 0.191 e. The Morgan fingerprint density at radius 3 is 2.85 bits per heavy atom. The van der Waals surface area contributed by atoms with E-state index in [1.807, 2.05) is 0 Å². The molecule has 3 nitrogen and oxygen atoms in total. The van der Waals surface area contributed by atoms with Crippen LogP contribution in [-0.4, -0.2) is 18.3 Å². The zero-order valence-corrected chi connectivity index (χ0v) is 9.29. The third-order valence-corrected chi connectivity index (χ3v) is 3.82. The van der Waals surface area contributed by atoms with Crippen LogP contribution in [0.1, 0.15) is 39.0 Å². The average molecular weight is 205 g/mol. The van der Waals surface area contributed by atoms with Gasteiger partial charge in [-0.15, -0.1) is 0 Å². The lowest BCUT2D eigenvalue weighted by molar-refractivity contribution is 0.221. The van der Waals surface area contributed by atoms with Gasteiger partial charge in [0.1, 0.15) is 0 Å². The van der Waals surface area contributed by atoms with E-state index >= 15 is 0 Å². The van der Waals surface area contributed by atoms with Crippen LogP contribution in [0.4, 0.5) is 0 Å². The van der Waals surface area contributed by atoms with E-state index < -0.39 is 8.03 Å². The highest BCUT2D eigenvalue weighted by molar-refractivity contribution is 7.39. The first-order valence-electron chi connectivity index (χ1n) is 5.17. The van der Waals surface area contributed by atoms with Crippen LogP contribution in [0.15, 0.2) is 0 Å². The molecule has 0 bridgehead atoms. The van der Waals surface area contributed by atoms with Crippen molar-refractivity contribution in [2.45, 2.75) is 51.2 Å². The fourth-order valence-electron chi connectivity index (χ4n) is 1.65. The second-order valence-electron chi connectivity index (χ2n) is 3.79. The van der Waals surface area contributed by atoms with Crippen molar-refractivity contribution < 1.29 is 9.09 Å². The summed E-state index contributed by atoms with van der Waals surface area (Å²) < 4.78 is 16.8. The fraction of sp³-hybridized carbons (Fsp3) is 1.00. The van der Waals surface area contributed by atoms with Crippen LogP contribution in [0.2, 0.25) is 0 Å². The third kappa shape index (κ3) is 4.26. The molecule has 0 aromatic carbocycles. The van der Waals surface area contributed by atoms with Crippen molar-refractivity contribution in [3.63, 3.8) is 0 Å². The molecule has 0 amide bonds. The molecule has 0 heterocycles. The Bertz CT molecular complexity index is 175. The number of nitrogens with two attached hydrogens (primary N) is 1. The van der Waals surface area contributed by atoms with E-state index in [0.29, 0.717) is 0 Å². The SMILES string of the molecule is CCCC[PH](=O)OC1CCC(N)C1. The number of hydrogen-bond acceptors (Lipinski definition) is 3. The summed E-state index contributed by atoms with van der Waals surface area (Å²) in [6.07, 6.45) is 5.92. The predicted molar refractivity (Wildman–Crippen MR) is 55.5 cm³/mol. The van der Waals surface area contributed by atoms with Crippen LogP contribution in [-0.2, 0) is 9.09 Å². The van der Waals surface area contributed by atoms with E-state index in [-0.39, 0.29) is 12.1 Å².